The van der Waals surface area contributed by atoms with E-state index in [0.29, 0.717) is 18.7 Å². The molecule has 0 atom stereocenters. The average molecular weight is 482 g/mol. The molecule has 0 aliphatic rings. The predicted octanol–water partition coefficient (Wildman–Crippen LogP) is 4.61. The standard InChI is InChI=1S/C19H20F6N4O4/c1-2-32-6-3-5-29(11-16(30)27-15-4-7-33-28-15)17(31)26-14-9-12(18(20,21)22)8-13(10-14)19(23,24)25/h4,7-10H,2-3,5-6,11H2,1H3,(H,26,31)(H,27,28,30). The minimum Gasteiger partial charge on any atom is -0.382 e. The molecule has 33 heavy (non-hydrogen) atoms. The number of amides is 3. The molecule has 1 aromatic carbocycles. The lowest BCUT2D eigenvalue weighted by molar-refractivity contribution is -0.143. The Labute approximate surface area is 183 Å². The number of ether oxygens (including phenoxy) is 1. The lowest BCUT2D eigenvalue weighted by atomic mass is 10.1. The number of nitrogens with zero attached hydrogens (tertiary/aromatic N) is 2. The van der Waals surface area contributed by atoms with Gasteiger partial charge in [-0.25, -0.2) is 4.79 Å². The molecule has 3 amide bonds. The first-order valence-corrected chi connectivity index (χ1v) is 9.53. The van der Waals surface area contributed by atoms with Crippen LogP contribution in [-0.4, -0.2) is 48.3 Å². The van der Waals surface area contributed by atoms with E-state index >= 15 is 0 Å². The number of hydrogen-bond donors (Lipinski definition) is 2. The number of anilines is 2. The van der Waals surface area contributed by atoms with Gasteiger partial charge < -0.3 is 24.8 Å². The van der Waals surface area contributed by atoms with Gasteiger partial charge in [-0.2, -0.15) is 26.3 Å². The number of alkyl halides is 6. The minimum absolute atomic E-state index is 0.0547. The van der Waals surface area contributed by atoms with Gasteiger partial charge >= 0.3 is 18.4 Å². The topological polar surface area (TPSA) is 96.7 Å². The fourth-order valence-electron chi connectivity index (χ4n) is 2.62. The van der Waals surface area contributed by atoms with Crippen molar-refractivity contribution in [1.29, 1.82) is 0 Å². The molecular formula is C19H20F6N4O4. The van der Waals surface area contributed by atoms with Gasteiger partial charge in [-0.15, -0.1) is 0 Å². The third-order valence-electron chi connectivity index (χ3n) is 4.09. The van der Waals surface area contributed by atoms with Crippen LogP contribution >= 0.6 is 0 Å². The van der Waals surface area contributed by atoms with Crippen molar-refractivity contribution >= 4 is 23.4 Å². The number of benzene rings is 1. The Kier molecular flexibility index (Phi) is 8.68. The Bertz CT molecular complexity index is 899. The number of halogens is 6. The molecule has 0 aliphatic heterocycles. The van der Waals surface area contributed by atoms with Gasteiger partial charge in [0.25, 0.3) is 0 Å². The van der Waals surface area contributed by atoms with Crippen molar-refractivity contribution in [3.63, 3.8) is 0 Å². The van der Waals surface area contributed by atoms with Gasteiger partial charge in [0.1, 0.15) is 12.8 Å². The molecule has 1 heterocycles. The van der Waals surface area contributed by atoms with E-state index in [4.69, 9.17) is 4.74 Å². The van der Waals surface area contributed by atoms with Gasteiger partial charge in [-0.05, 0) is 31.5 Å². The van der Waals surface area contributed by atoms with Crippen molar-refractivity contribution < 1.29 is 45.2 Å². The lowest BCUT2D eigenvalue weighted by Gasteiger charge is -2.23. The van der Waals surface area contributed by atoms with Gasteiger partial charge in [0.15, 0.2) is 5.82 Å². The summed E-state index contributed by atoms with van der Waals surface area (Å²) in [4.78, 5) is 25.7. The van der Waals surface area contributed by atoms with Gasteiger partial charge in [0.05, 0.1) is 11.1 Å². The van der Waals surface area contributed by atoms with Crippen LogP contribution in [0.3, 0.4) is 0 Å². The summed E-state index contributed by atoms with van der Waals surface area (Å²) >= 11 is 0. The molecule has 1 aromatic heterocycles. The van der Waals surface area contributed by atoms with Crippen LogP contribution in [0.15, 0.2) is 35.1 Å². The molecule has 2 rings (SSSR count). The molecule has 0 saturated carbocycles. The summed E-state index contributed by atoms with van der Waals surface area (Å²) in [5.41, 5.74) is -3.90. The summed E-state index contributed by atoms with van der Waals surface area (Å²) in [5, 5.41) is 7.81. The van der Waals surface area contributed by atoms with E-state index in [1.807, 2.05) is 5.32 Å². The van der Waals surface area contributed by atoms with Crippen LogP contribution in [0.4, 0.5) is 42.6 Å². The van der Waals surface area contributed by atoms with Crippen LogP contribution in [0.25, 0.3) is 0 Å². The number of carbonyl (C=O) groups excluding carboxylic acids is 2. The first-order valence-electron chi connectivity index (χ1n) is 9.53. The second-order valence-corrected chi connectivity index (χ2v) is 6.63. The van der Waals surface area contributed by atoms with Gasteiger partial charge in [0.2, 0.25) is 5.91 Å². The maximum absolute atomic E-state index is 13.1. The van der Waals surface area contributed by atoms with E-state index in [0.717, 1.165) is 4.90 Å². The van der Waals surface area contributed by atoms with E-state index in [1.165, 1.54) is 12.3 Å². The molecule has 14 heteroatoms. The fraction of sp³-hybridized carbons (Fsp3) is 0.421. The van der Waals surface area contributed by atoms with E-state index in [2.05, 4.69) is 15.0 Å². The smallest absolute Gasteiger partial charge is 0.382 e. The van der Waals surface area contributed by atoms with Crippen LogP contribution < -0.4 is 10.6 Å². The van der Waals surface area contributed by atoms with Crippen LogP contribution in [0.1, 0.15) is 24.5 Å². The molecule has 0 aliphatic carbocycles. The minimum atomic E-state index is -5.07. The van der Waals surface area contributed by atoms with E-state index in [1.54, 1.807) is 6.92 Å². The number of hydrogen-bond acceptors (Lipinski definition) is 5. The highest BCUT2D eigenvalue weighted by molar-refractivity contribution is 5.96. The number of carbonyl (C=O) groups is 2. The van der Waals surface area contributed by atoms with E-state index < -0.39 is 47.6 Å². The van der Waals surface area contributed by atoms with Crippen molar-refractivity contribution in [3.8, 4) is 0 Å². The molecule has 0 bridgehead atoms. The monoisotopic (exact) mass is 482 g/mol. The summed E-state index contributed by atoms with van der Waals surface area (Å²) in [6.45, 7) is 1.72. The summed E-state index contributed by atoms with van der Waals surface area (Å²) in [6.07, 6.45) is -8.70. The Morgan fingerprint density at radius 1 is 1.06 bits per heavy atom. The number of nitrogens with one attached hydrogen (secondary N) is 2. The quantitative estimate of drug-likeness (QED) is 0.402. The number of rotatable bonds is 9. The van der Waals surface area contributed by atoms with Gasteiger partial charge in [-0.3, -0.25) is 4.79 Å². The Morgan fingerprint density at radius 3 is 2.21 bits per heavy atom. The fourth-order valence-corrected chi connectivity index (χ4v) is 2.62. The van der Waals surface area contributed by atoms with E-state index in [-0.39, 0.29) is 31.5 Å². The lowest BCUT2D eigenvalue weighted by Crippen LogP contribution is -2.41. The highest BCUT2D eigenvalue weighted by Gasteiger charge is 2.37. The predicted molar refractivity (Wildman–Crippen MR) is 103 cm³/mol. The van der Waals surface area contributed by atoms with Crippen molar-refractivity contribution in [2.45, 2.75) is 25.7 Å². The van der Waals surface area contributed by atoms with Crippen molar-refractivity contribution in [3.05, 3.63) is 41.7 Å². The Balaban J connectivity index is 2.21. The van der Waals surface area contributed by atoms with Crippen LogP contribution in [0, 0.1) is 0 Å². The second kappa shape index (κ2) is 11.0. The summed E-state index contributed by atoms with van der Waals surface area (Å²) in [7, 11) is 0. The number of urea groups is 1. The normalized spacial score (nSPS) is 11.8. The summed E-state index contributed by atoms with van der Waals surface area (Å²) in [6, 6.07) is 0.955. The first-order chi connectivity index (χ1) is 15.4. The first kappa shape index (κ1) is 26.0. The third-order valence-corrected chi connectivity index (χ3v) is 4.09. The molecule has 0 saturated heterocycles. The van der Waals surface area contributed by atoms with Gasteiger partial charge in [-0.1, -0.05) is 5.16 Å². The Hall–Kier alpha value is -3.29. The molecule has 0 unspecified atom stereocenters. The van der Waals surface area contributed by atoms with Crippen molar-refractivity contribution in [2.75, 3.05) is 36.9 Å². The van der Waals surface area contributed by atoms with Crippen LogP contribution in [0.5, 0.6) is 0 Å². The zero-order valence-corrected chi connectivity index (χ0v) is 17.2. The van der Waals surface area contributed by atoms with Crippen LogP contribution in [-0.2, 0) is 21.9 Å². The molecule has 0 fully saturated rings. The summed E-state index contributed by atoms with van der Waals surface area (Å²) < 4.78 is 88.0. The third kappa shape index (κ3) is 8.29. The highest BCUT2D eigenvalue weighted by Crippen LogP contribution is 2.37. The molecule has 8 nitrogen and oxygen atoms in total. The molecular weight excluding hydrogens is 462 g/mol. The molecule has 2 aromatic rings. The SMILES string of the molecule is CCOCCCN(CC(=O)Nc1ccon1)C(=O)Nc1cc(C(F)(F)F)cc(C(F)(F)F)c1. The zero-order chi connectivity index (χ0) is 24.6. The maximum atomic E-state index is 13.1. The second-order valence-electron chi connectivity index (χ2n) is 6.63. The van der Waals surface area contributed by atoms with Crippen LogP contribution in [0.2, 0.25) is 0 Å². The average Bonchev–Trinajstić information content (AvgIpc) is 3.21. The zero-order valence-electron chi connectivity index (χ0n) is 17.2. The molecule has 0 radical (unpaired) electrons. The van der Waals surface area contributed by atoms with E-state index in [9.17, 15) is 35.9 Å². The molecule has 182 valence electrons. The summed E-state index contributed by atoms with van der Waals surface area (Å²) in [5.74, 6) is -0.655. The van der Waals surface area contributed by atoms with Gasteiger partial charge in [0, 0.05) is 31.5 Å². The number of aromatic nitrogens is 1. The maximum Gasteiger partial charge on any atom is 0.416 e. The highest BCUT2D eigenvalue weighted by atomic mass is 19.4. The molecule has 0 spiro atoms. The molecule has 2 N–H and O–H groups in total. The van der Waals surface area contributed by atoms with Crippen molar-refractivity contribution in [2.24, 2.45) is 0 Å². The Morgan fingerprint density at radius 2 is 1.70 bits per heavy atom. The van der Waals surface area contributed by atoms with Crippen molar-refractivity contribution in [1.82, 2.24) is 10.1 Å². The largest absolute Gasteiger partial charge is 0.416 e.